The first kappa shape index (κ1) is 21.4. The normalized spacial score (nSPS) is 24.4. The molecule has 29 heavy (non-hydrogen) atoms. The summed E-state index contributed by atoms with van der Waals surface area (Å²) in [6.07, 6.45) is 1.05. The zero-order valence-corrected chi connectivity index (χ0v) is 18.1. The van der Waals surface area contributed by atoms with Gasteiger partial charge >= 0.3 is 5.97 Å². The Morgan fingerprint density at radius 2 is 2.00 bits per heavy atom. The highest BCUT2D eigenvalue weighted by Gasteiger charge is 2.46. The first-order chi connectivity index (χ1) is 13.8. The Morgan fingerprint density at radius 1 is 1.28 bits per heavy atom. The minimum Gasteiger partial charge on any atom is -0.494 e. The SMILES string of the molecule is CCOc1ccc(N2C[C@H]3CN(C[C@@H](CC#N)OC(C)=O)C[C@@H]2C(C)(C)C3)cc1. The predicted octanol–water partition coefficient (Wildman–Crippen LogP) is 3.47. The van der Waals surface area contributed by atoms with Crippen molar-refractivity contribution in [1.82, 2.24) is 4.90 Å². The molecular formula is C23H33N3O3. The van der Waals surface area contributed by atoms with Crippen LogP contribution in [-0.2, 0) is 9.53 Å². The van der Waals surface area contributed by atoms with Crippen LogP contribution in [0.5, 0.6) is 5.75 Å². The second-order valence-corrected chi connectivity index (χ2v) is 8.97. The van der Waals surface area contributed by atoms with E-state index in [-0.39, 0.29) is 23.9 Å². The summed E-state index contributed by atoms with van der Waals surface area (Å²) < 4.78 is 11.0. The summed E-state index contributed by atoms with van der Waals surface area (Å²) in [4.78, 5) is 16.4. The van der Waals surface area contributed by atoms with Crippen LogP contribution >= 0.6 is 0 Å². The van der Waals surface area contributed by atoms with Crippen molar-refractivity contribution >= 4 is 11.7 Å². The van der Waals surface area contributed by atoms with Gasteiger partial charge in [0, 0.05) is 44.8 Å². The zero-order chi connectivity index (χ0) is 21.0. The van der Waals surface area contributed by atoms with Crippen molar-refractivity contribution in [1.29, 1.82) is 5.26 Å². The van der Waals surface area contributed by atoms with E-state index >= 15 is 0 Å². The quantitative estimate of drug-likeness (QED) is 0.654. The van der Waals surface area contributed by atoms with Gasteiger partial charge in [-0.3, -0.25) is 9.69 Å². The predicted molar refractivity (Wildman–Crippen MR) is 113 cm³/mol. The first-order valence-corrected chi connectivity index (χ1v) is 10.6. The number of nitriles is 1. The van der Waals surface area contributed by atoms with Crippen LogP contribution in [-0.4, -0.2) is 55.8 Å². The lowest BCUT2D eigenvalue weighted by atomic mass is 9.73. The van der Waals surface area contributed by atoms with Gasteiger partial charge in [0.25, 0.3) is 0 Å². The third kappa shape index (κ3) is 5.22. The number of hydrogen-bond donors (Lipinski definition) is 0. The maximum absolute atomic E-state index is 11.4. The molecular weight excluding hydrogens is 366 g/mol. The Bertz CT molecular complexity index is 741. The van der Waals surface area contributed by atoms with Gasteiger partial charge in [0.1, 0.15) is 11.9 Å². The van der Waals surface area contributed by atoms with E-state index in [0.717, 1.165) is 25.4 Å². The van der Waals surface area contributed by atoms with Gasteiger partial charge < -0.3 is 14.4 Å². The molecule has 4 rings (SSSR count). The average Bonchev–Trinajstić information content (AvgIpc) is 2.88. The Kier molecular flexibility index (Phi) is 6.69. The number of benzene rings is 1. The van der Waals surface area contributed by atoms with Crippen molar-refractivity contribution in [3.8, 4) is 11.8 Å². The van der Waals surface area contributed by atoms with Crippen molar-refractivity contribution < 1.29 is 14.3 Å². The van der Waals surface area contributed by atoms with E-state index in [9.17, 15) is 4.79 Å². The summed E-state index contributed by atoms with van der Waals surface area (Å²) in [7, 11) is 0. The molecule has 6 nitrogen and oxygen atoms in total. The summed E-state index contributed by atoms with van der Waals surface area (Å²) >= 11 is 0. The van der Waals surface area contributed by atoms with Crippen molar-refractivity contribution in [2.75, 3.05) is 37.7 Å². The summed E-state index contributed by atoms with van der Waals surface area (Å²) in [5.41, 5.74) is 1.41. The molecule has 0 aromatic heterocycles. The van der Waals surface area contributed by atoms with Crippen LogP contribution in [0, 0.1) is 22.7 Å². The molecule has 3 atom stereocenters. The number of carbonyl (C=O) groups excluding carboxylic acids is 1. The maximum Gasteiger partial charge on any atom is 0.302 e. The molecule has 0 radical (unpaired) electrons. The van der Waals surface area contributed by atoms with E-state index in [2.05, 4.69) is 41.8 Å². The highest BCUT2D eigenvalue weighted by atomic mass is 16.5. The topological polar surface area (TPSA) is 65.8 Å². The Labute approximate surface area is 174 Å². The number of piperidine rings is 1. The number of carbonyl (C=O) groups is 1. The van der Waals surface area contributed by atoms with Gasteiger partial charge in [0.05, 0.1) is 19.1 Å². The van der Waals surface area contributed by atoms with E-state index in [0.29, 0.717) is 25.1 Å². The largest absolute Gasteiger partial charge is 0.494 e. The van der Waals surface area contributed by atoms with Gasteiger partial charge in [0.15, 0.2) is 0 Å². The molecule has 3 aliphatic rings. The number of anilines is 1. The molecule has 0 N–H and O–H groups in total. The second kappa shape index (κ2) is 9.04. The molecule has 6 heteroatoms. The third-order valence-corrected chi connectivity index (χ3v) is 6.09. The lowest BCUT2D eigenvalue weighted by Gasteiger charge is -2.48. The number of esters is 1. The maximum atomic E-state index is 11.4. The van der Waals surface area contributed by atoms with Crippen LogP contribution in [0.15, 0.2) is 24.3 Å². The molecule has 158 valence electrons. The Hall–Kier alpha value is -2.26. The number of nitrogens with zero attached hydrogens (tertiary/aromatic N) is 3. The number of hydrogen-bond acceptors (Lipinski definition) is 6. The molecule has 0 spiro atoms. The van der Waals surface area contributed by atoms with Crippen LogP contribution in [0.4, 0.5) is 5.69 Å². The van der Waals surface area contributed by atoms with Crippen LogP contribution in [0.25, 0.3) is 0 Å². The molecule has 3 aliphatic heterocycles. The zero-order valence-electron chi connectivity index (χ0n) is 18.1. The fraction of sp³-hybridized carbons (Fsp3) is 0.652. The van der Waals surface area contributed by atoms with Crippen molar-refractivity contribution in [3.05, 3.63) is 24.3 Å². The highest BCUT2D eigenvalue weighted by Crippen LogP contribution is 2.43. The monoisotopic (exact) mass is 399 g/mol. The van der Waals surface area contributed by atoms with Gasteiger partial charge in [-0.2, -0.15) is 5.26 Å². The molecule has 1 aromatic carbocycles. The van der Waals surface area contributed by atoms with Gasteiger partial charge in [-0.1, -0.05) is 13.8 Å². The van der Waals surface area contributed by atoms with Crippen LogP contribution in [0.3, 0.4) is 0 Å². The van der Waals surface area contributed by atoms with Crippen LogP contribution < -0.4 is 9.64 Å². The minimum absolute atomic E-state index is 0.183. The summed E-state index contributed by atoms with van der Waals surface area (Å²) in [6.45, 7) is 12.3. The third-order valence-electron chi connectivity index (χ3n) is 6.09. The highest BCUT2D eigenvalue weighted by molar-refractivity contribution is 5.66. The van der Waals surface area contributed by atoms with Crippen LogP contribution in [0.2, 0.25) is 0 Å². The van der Waals surface area contributed by atoms with E-state index in [1.165, 1.54) is 19.0 Å². The van der Waals surface area contributed by atoms with Crippen molar-refractivity contribution in [2.45, 2.75) is 52.7 Å². The van der Waals surface area contributed by atoms with Gasteiger partial charge in [0.2, 0.25) is 0 Å². The average molecular weight is 400 g/mol. The van der Waals surface area contributed by atoms with Crippen molar-refractivity contribution in [2.24, 2.45) is 11.3 Å². The molecule has 3 saturated heterocycles. The lowest BCUT2D eigenvalue weighted by Crippen LogP contribution is -2.54. The summed E-state index contributed by atoms with van der Waals surface area (Å²) in [5, 5.41) is 9.11. The minimum atomic E-state index is -0.364. The lowest BCUT2D eigenvalue weighted by molar-refractivity contribution is -0.147. The molecule has 0 amide bonds. The standard InChI is InChI=1S/C23H33N3O3/c1-5-28-20-8-6-19(7-9-20)26-14-18-12-23(3,4)22(26)16-25(13-18)15-21(10-11-24)29-17(2)27/h6-9,18,21-22H,5,10,12-16H2,1-4H3/t18-,21-,22-/m1/s1. The van der Waals surface area contributed by atoms with Gasteiger partial charge in [-0.25, -0.2) is 0 Å². The Balaban J connectivity index is 1.78. The molecule has 1 aromatic rings. The van der Waals surface area contributed by atoms with Gasteiger partial charge in [-0.15, -0.1) is 0 Å². The molecule has 0 unspecified atom stereocenters. The van der Waals surface area contributed by atoms with E-state index in [1.54, 1.807) is 0 Å². The molecule has 3 fully saturated rings. The molecule has 0 saturated carbocycles. The molecule has 3 heterocycles. The molecule has 0 aliphatic carbocycles. The smallest absolute Gasteiger partial charge is 0.302 e. The number of rotatable bonds is 7. The van der Waals surface area contributed by atoms with E-state index in [1.807, 2.05) is 19.1 Å². The fourth-order valence-corrected chi connectivity index (χ4v) is 5.03. The first-order valence-electron chi connectivity index (χ1n) is 10.6. The number of ether oxygens (including phenoxy) is 2. The summed E-state index contributed by atoms with van der Waals surface area (Å²) in [6, 6.07) is 10.9. The molecule has 2 bridgehead atoms. The van der Waals surface area contributed by atoms with E-state index < -0.39 is 0 Å². The van der Waals surface area contributed by atoms with E-state index in [4.69, 9.17) is 14.7 Å². The van der Waals surface area contributed by atoms with Gasteiger partial charge in [-0.05, 0) is 48.9 Å². The fourth-order valence-electron chi connectivity index (χ4n) is 5.03. The number of fused-ring (bicyclic) bond motifs is 4. The second-order valence-electron chi connectivity index (χ2n) is 8.97. The summed E-state index contributed by atoms with van der Waals surface area (Å²) in [5.74, 6) is 1.12. The van der Waals surface area contributed by atoms with Crippen molar-refractivity contribution in [3.63, 3.8) is 0 Å². The Morgan fingerprint density at radius 3 is 2.62 bits per heavy atom. The van der Waals surface area contributed by atoms with Crippen LogP contribution in [0.1, 0.15) is 40.5 Å².